The summed E-state index contributed by atoms with van der Waals surface area (Å²) in [4.78, 5) is 23.6. The Labute approximate surface area is 168 Å². The lowest BCUT2D eigenvalue weighted by molar-refractivity contribution is -0.139. The summed E-state index contributed by atoms with van der Waals surface area (Å²) in [5.74, 6) is -1.26. The van der Waals surface area contributed by atoms with Crippen LogP contribution in [0.15, 0.2) is 41.0 Å². The van der Waals surface area contributed by atoms with E-state index in [4.69, 9.17) is 30.4 Å². The van der Waals surface area contributed by atoms with E-state index >= 15 is 0 Å². The lowest BCUT2D eigenvalue weighted by Crippen LogP contribution is -2.25. The number of carbonyl (C=O) groups is 2. The molecule has 0 spiro atoms. The molecule has 1 aromatic rings. The number of hydrogen-bond acceptors (Lipinski definition) is 8. The van der Waals surface area contributed by atoms with Gasteiger partial charge in [-0.1, -0.05) is 6.07 Å². The molecule has 1 aliphatic heterocycles. The van der Waals surface area contributed by atoms with Gasteiger partial charge in [0.2, 0.25) is 5.88 Å². The van der Waals surface area contributed by atoms with E-state index in [0.717, 1.165) is 0 Å². The number of carbonyl (C=O) groups excluding carboxylic acids is 2. The van der Waals surface area contributed by atoms with E-state index in [1.807, 2.05) is 6.07 Å². The molecule has 1 aromatic carbocycles. The van der Waals surface area contributed by atoms with Crippen molar-refractivity contribution >= 4 is 11.9 Å². The van der Waals surface area contributed by atoms with Crippen LogP contribution in [0.1, 0.15) is 32.3 Å². The van der Waals surface area contributed by atoms with Gasteiger partial charge in [0.05, 0.1) is 24.7 Å². The minimum absolute atomic E-state index is 0.0758. The van der Waals surface area contributed by atoms with E-state index in [9.17, 15) is 14.9 Å². The largest absolute Gasteiger partial charge is 0.490 e. The van der Waals surface area contributed by atoms with Crippen molar-refractivity contribution in [3.8, 4) is 17.6 Å². The Morgan fingerprint density at radius 3 is 2.52 bits per heavy atom. The standard InChI is InChI=1S/C20H23N3O6/c1-4-26-15-8-12(6-7-14(15)28-10-16(22)24)18-13(9-21)19(23)29-11(3)17(18)20(25)27-5-2/h6-8,18H,4-5,10,23H2,1-3H3,(H2,22,24). The van der Waals surface area contributed by atoms with Crippen molar-refractivity contribution in [1.29, 1.82) is 5.26 Å². The second-order valence-electron chi connectivity index (χ2n) is 6.01. The number of ether oxygens (including phenoxy) is 4. The molecule has 0 radical (unpaired) electrons. The number of allylic oxidation sites excluding steroid dienone is 2. The van der Waals surface area contributed by atoms with Gasteiger partial charge in [-0.05, 0) is 38.5 Å². The zero-order valence-corrected chi connectivity index (χ0v) is 16.5. The van der Waals surface area contributed by atoms with E-state index in [1.54, 1.807) is 39.0 Å². The first-order valence-corrected chi connectivity index (χ1v) is 8.97. The summed E-state index contributed by atoms with van der Waals surface area (Å²) in [6, 6.07) is 6.84. The van der Waals surface area contributed by atoms with Crippen molar-refractivity contribution in [1.82, 2.24) is 0 Å². The van der Waals surface area contributed by atoms with Crippen molar-refractivity contribution in [2.75, 3.05) is 19.8 Å². The molecule has 4 N–H and O–H groups in total. The predicted molar refractivity (Wildman–Crippen MR) is 102 cm³/mol. The molecule has 0 bridgehead atoms. The fourth-order valence-corrected chi connectivity index (χ4v) is 2.93. The highest BCUT2D eigenvalue weighted by molar-refractivity contribution is 5.92. The summed E-state index contributed by atoms with van der Waals surface area (Å²) in [5.41, 5.74) is 11.8. The second kappa shape index (κ2) is 9.50. The van der Waals surface area contributed by atoms with E-state index in [1.165, 1.54) is 0 Å². The molecule has 29 heavy (non-hydrogen) atoms. The van der Waals surface area contributed by atoms with Gasteiger partial charge in [-0.15, -0.1) is 0 Å². The summed E-state index contributed by atoms with van der Waals surface area (Å²) < 4.78 is 21.5. The van der Waals surface area contributed by atoms with Crippen LogP contribution >= 0.6 is 0 Å². The Morgan fingerprint density at radius 2 is 1.93 bits per heavy atom. The predicted octanol–water partition coefficient (Wildman–Crippen LogP) is 1.59. The Balaban J connectivity index is 2.58. The van der Waals surface area contributed by atoms with Crippen LogP contribution < -0.4 is 20.9 Å². The van der Waals surface area contributed by atoms with Gasteiger partial charge in [0.1, 0.15) is 17.4 Å². The number of amides is 1. The van der Waals surface area contributed by atoms with Gasteiger partial charge in [-0.25, -0.2) is 4.79 Å². The van der Waals surface area contributed by atoms with Gasteiger partial charge in [-0.2, -0.15) is 5.26 Å². The van der Waals surface area contributed by atoms with Gasteiger partial charge < -0.3 is 30.4 Å². The summed E-state index contributed by atoms with van der Waals surface area (Å²) in [5, 5.41) is 9.63. The zero-order valence-electron chi connectivity index (χ0n) is 16.5. The molecule has 154 valence electrons. The van der Waals surface area contributed by atoms with Gasteiger partial charge in [0.25, 0.3) is 5.91 Å². The van der Waals surface area contributed by atoms with E-state index in [2.05, 4.69) is 0 Å². The number of rotatable bonds is 8. The number of nitrogens with two attached hydrogens (primary N) is 2. The number of nitrogens with zero attached hydrogens (tertiary/aromatic N) is 1. The first-order valence-electron chi connectivity index (χ1n) is 8.97. The van der Waals surface area contributed by atoms with Crippen molar-refractivity contribution in [3.05, 3.63) is 46.6 Å². The molecule has 0 saturated carbocycles. The Kier molecular flexibility index (Phi) is 7.09. The van der Waals surface area contributed by atoms with Crippen LogP contribution in [-0.2, 0) is 19.1 Å². The topological polar surface area (TPSA) is 147 Å². The second-order valence-corrected chi connectivity index (χ2v) is 6.01. The molecule has 0 aliphatic carbocycles. The minimum Gasteiger partial charge on any atom is -0.490 e. The normalized spacial score (nSPS) is 16.0. The molecule has 9 heteroatoms. The van der Waals surface area contributed by atoms with Crippen LogP contribution in [0.5, 0.6) is 11.5 Å². The maximum Gasteiger partial charge on any atom is 0.338 e. The number of hydrogen-bond donors (Lipinski definition) is 2. The fourth-order valence-electron chi connectivity index (χ4n) is 2.93. The van der Waals surface area contributed by atoms with Crippen molar-refractivity contribution in [2.45, 2.75) is 26.7 Å². The molecule has 0 fully saturated rings. The van der Waals surface area contributed by atoms with Crippen LogP contribution in [0.2, 0.25) is 0 Å². The summed E-state index contributed by atoms with van der Waals surface area (Å²) in [7, 11) is 0. The number of primary amides is 1. The molecule has 2 rings (SSSR count). The minimum atomic E-state index is -0.808. The van der Waals surface area contributed by atoms with E-state index in [-0.39, 0.29) is 36.0 Å². The molecule has 0 saturated heterocycles. The number of benzene rings is 1. The van der Waals surface area contributed by atoms with Gasteiger partial charge in [0.15, 0.2) is 18.1 Å². The lowest BCUT2D eigenvalue weighted by atomic mass is 9.83. The van der Waals surface area contributed by atoms with Crippen LogP contribution in [-0.4, -0.2) is 31.7 Å². The molecule has 1 aliphatic rings. The summed E-state index contributed by atoms with van der Waals surface area (Å²) in [6.45, 7) is 5.21. The smallest absolute Gasteiger partial charge is 0.338 e. The highest BCUT2D eigenvalue weighted by Gasteiger charge is 2.36. The monoisotopic (exact) mass is 401 g/mol. The molecule has 1 atom stereocenters. The van der Waals surface area contributed by atoms with Gasteiger partial charge >= 0.3 is 5.97 Å². The molecule has 1 amide bonds. The first kappa shape index (κ1) is 21.6. The molecular formula is C20H23N3O6. The van der Waals surface area contributed by atoms with Crippen molar-refractivity contribution in [3.63, 3.8) is 0 Å². The first-order chi connectivity index (χ1) is 13.8. The van der Waals surface area contributed by atoms with E-state index < -0.39 is 17.8 Å². The van der Waals surface area contributed by atoms with Gasteiger partial charge in [0, 0.05) is 0 Å². The third-order valence-corrected chi connectivity index (χ3v) is 4.07. The highest BCUT2D eigenvalue weighted by atomic mass is 16.5. The third kappa shape index (κ3) is 4.79. The zero-order chi connectivity index (χ0) is 21.6. The SMILES string of the molecule is CCOC(=O)C1=C(C)OC(N)=C(C#N)C1c1ccc(OCC(N)=O)c(OCC)c1. The maximum atomic E-state index is 12.6. The number of nitriles is 1. The van der Waals surface area contributed by atoms with Crippen molar-refractivity contribution in [2.24, 2.45) is 11.5 Å². The Hall–Kier alpha value is -3.67. The molecule has 9 nitrogen and oxygen atoms in total. The van der Waals surface area contributed by atoms with Crippen LogP contribution in [0.4, 0.5) is 0 Å². The average Bonchev–Trinajstić information content (AvgIpc) is 2.66. The van der Waals surface area contributed by atoms with Crippen molar-refractivity contribution < 1.29 is 28.5 Å². The molecule has 0 aromatic heterocycles. The fraction of sp³-hybridized carbons (Fsp3) is 0.350. The van der Waals surface area contributed by atoms with Gasteiger partial charge in [-0.3, -0.25) is 4.79 Å². The number of esters is 1. The van der Waals surface area contributed by atoms with Crippen LogP contribution in [0, 0.1) is 11.3 Å². The van der Waals surface area contributed by atoms with Crippen LogP contribution in [0.25, 0.3) is 0 Å². The summed E-state index contributed by atoms with van der Waals surface area (Å²) in [6.07, 6.45) is 0. The molecule has 1 unspecified atom stereocenters. The molecule has 1 heterocycles. The lowest BCUT2D eigenvalue weighted by Gasteiger charge is -2.27. The van der Waals surface area contributed by atoms with E-state index in [0.29, 0.717) is 23.7 Å². The Morgan fingerprint density at radius 1 is 1.21 bits per heavy atom. The summed E-state index contributed by atoms with van der Waals surface area (Å²) >= 11 is 0. The average molecular weight is 401 g/mol. The molecular weight excluding hydrogens is 378 g/mol. The Bertz CT molecular complexity index is 913. The quantitative estimate of drug-likeness (QED) is 0.624. The maximum absolute atomic E-state index is 12.6. The highest BCUT2D eigenvalue weighted by Crippen LogP contribution is 2.42. The van der Waals surface area contributed by atoms with Crippen LogP contribution in [0.3, 0.4) is 0 Å². The third-order valence-electron chi connectivity index (χ3n) is 4.07.